The molecule has 0 radical (unpaired) electrons. The summed E-state index contributed by atoms with van der Waals surface area (Å²) in [5.74, 6) is -1.30. The molecule has 19 heavy (non-hydrogen) atoms. The third-order valence-corrected chi connectivity index (χ3v) is 5.31. The van der Waals surface area contributed by atoms with Crippen molar-refractivity contribution in [2.75, 3.05) is 13.7 Å². The second-order valence-electron chi connectivity index (χ2n) is 3.72. The Morgan fingerprint density at radius 3 is 2.63 bits per heavy atom. The van der Waals surface area contributed by atoms with Crippen molar-refractivity contribution in [2.24, 2.45) is 0 Å². The highest BCUT2D eigenvalue weighted by atomic mass is 32.2. The number of aliphatic carboxylic acids is 1. The maximum absolute atomic E-state index is 12.0. The van der Waals surface area contributed by atoms with Crippen molar-refractivity contribution in [1.82, 2.24) is 9.71 Å². The molecule has 3 N–H and O–H groups in total. The highest BCUT2D eigenvalue weighted by Gasteiger charge is 2.28. The highest BCUT2D eigenvalue weighted by Crippen LogP contribution is 2.16. The predicted molar refractivity (Wildman–Crippen MR) is 67.9 cm³/mol. The number of carboxylic acid groups (broad SMARTS) is 1. The number of methoxy groups -OCH3 is 1. The van der Waals surface area contributed by atoms with Gasteiger partial charge in [-0.25, -0.2) is 8.42 Å². The lowest BCUT2D eigenvalue weighted by molar-refractivity contribution is -0.139. The first-order chi connectivity index (χ1) is 8.77. The summed E-state index contributed by atoms with van der Waals surface area (Å²) in [6.07, 6.45) is -0.0105. The number of H-pyrrole nitrogens is 1. The van der Waals surface area contributed by atoms with Gasteiger partial charge in [0.25, 0.3) is 10.0 Å². The van der Waals surface area contributed by atoms with E-state index in [-0.39, 0.29) is 22.9 Å². The Kier molecular flexibility index (Phi) is 5.23. The van der Waals surface area contributed by atoms with Gasteiger partial charge in [0.05, 0.1) is 0 Å². The average molecular weight is 310 g/mol. The lowest BCUT2D eigenvalue weighted by Crippen LogP contribution is -2.41. The Morgan fingerprint density at radius 2 is 2.21 bits per heavy atom. The largest absolute Gasteiger partial charge is 0.480 e. The second-order valence-corrected chi connectivity index (χ2v) is 6.61. The number of carbonyl (C=O) groups is 1. The summed E-state index contributed by atoms with van der Waals surface area (Å²) in [6, 6.07) is -1.30. The Morgan fingerprint density at radius 1 is 1.58 bits per heavy atom. The van der Waals surface area contributed by atoms with E-state index in [1.807, 2.05) is 4.72 Å². The number of aromatic amines is 1. The quantitative estimate of drug-likeness (QED) is 0.624. The van der Waals surface area contributed by atoms with Gasteiger partial charge in [-0.2, -0.15) is 4.72 Å². The third-order valence-electron chi connectivity index (χ3n) is 2.23. The number of hydrogen-bond acceptors (Lipinski definition) is 6. The summed E-state index contributed by atoms with van der Waals surface area (Å²) in [5.41, 5.74) is 0.179. The van der Waals surface area contributed by atoms with Crippen molar-refractivity contribution < 1.29 is 23.1 Å². The monoisotopic (exact) mass is 310 g/mol. The minimum Gasteiger partial charge on any atom is -0.480 e. The van der Waals surface area contributed by atoms with Crippen LogP contribution in [0.5, 0.6) is 0 Å². The lowest BCUT2D eigenvalue weighted by atomic mass is 10.2. The van der Waals surface area contributed by atoms with Crippen LogP contribution in [0.4, 0.5) is 0 Å². The molecule has 8 nitrogen and oxygen atoms in total. The molecule has 0 saturated heterocycles. The first-order valence-corrected chi connectivity index (χ1v) is 7.51. The van der Waals surface area contributed by atoms with Crippen LogP contribution in [0, 0.1) is 6.92 Å². The van der Waals surface area contributed by atoms with E-state index < -0.39 is 26.9 Å². The maximum atomic E-state index is 12.0. The number of nitrogens with one attached hydrogen (secondary N) is 2. The number of ether oxygens (including phenoxy) is 1. The fourth-order valence-corrected chi connectivity index (χ4v) is 3.90. The molecule has 0 aromatic carbocycles. The first kappa shape index (κ1) is 15.8. The standard InChI is InChI=1S/C9H14N2O6S2/c1-5-8(18-9(14)10-5)19(15,16)11-6(7(12)13)3-4-17-2/h6,11H,3-4H2,1-2H3,(H,10,14)(H,12,13). The van der Waals surface area contributed by atoms with Gasteiger partial charge in [-0.05, 0) is 13.3 Å². The van der Waals surface area contributed by atoms with Gasteiger partial charge in [0.2, 0.25) is 0 Å². The number of sulfonamides is 1. The molecular weight excluding hydrogens is 296 g/mol. The zero-order valence-corrected chi connectivity index (χ0v) is 11.9. The van der Waals surface area contributed by atoms with E-state index in [1.54, 1.807) is 0 Å². The number of aryl methyl sites for hydroxylation is 1. The van der Waals surface area contributed by atoms with Crippen LogP contribution in [-0.2, 0) is 19.6 Å². The number of carboxylic acids is 1. The van der Waals surface area contributed by atoms with Gasteiger partial charge >= 0.3 is 10.8 Å². The summed E-state index contributed by atoms with van der Waals surface area (Å²) >= 11 is 0.513. The van der Waals surface area contributed by atoms with Gasteiger partial charge in [0.1, 0.15) is 6.04 Å². The van der Waals surface area contributed by atoms with E-state index in [9.17, 15) is 18.0 Å². The summed E-state index contributed by atoms with van der Waals surface area (Å²) < 4.78 is 30.5. The van der Waals surface area contributed by atoms with Crippen LogP contribution < -0.4 is 9.60 Å². The predicted octanol–water partition coefficient (Wildman–Crippen LogP) is -0.487. The van der Waals surface area contributed by atoms with Crippen LogP contribution in [0.3, 0.4) is 0 Å². The molecule has 1 unspecified atom stereocenters. The molecule has 10 heteroatoms. The van der Waals surface area contributed by atoms with Gasteiger partial charge in [0, 0.05) is 19.4 Å². The van der Waals surface area contributed by atoms with Crippen molar-refractivity contribution in [3.8, 4) is 0 Å². The molecule has 108 valence electrons. The molecule has 0 aliphatic heterocycles. The van der Waals surface area contributed by atoms with Crippen LogP contribution in [0.25, 0.3) is 0 Å². The molecule has 0 bridgehead atoms. The van der Waals surface area contributed by atoms with E-state index >= 15 is 0 Å². The third kappa shape index (κ3) is 4.13. The molecule has 1 heterocycles. The van der Waals surface area contributed by atoms with Gasteiger partial charge in [-0.3, -0.25) is 9.59 Å². The van der Waals surface area contributed by atoms with Crippen molar-refractivity contribution in [2.45, 2.75) is 23.6 Å². The SMILES string of the molecule is COCCC(NS(=O)(=O)c1sc(=O)[nH]c1C)C(=O)O. The Hall–Kier alpha value is -1.23. The number of aromatic nitrogens is 1. The van der Waals surface area contributed by atoms with Crippen LogP contribution in [0.1, 0.15) is 12.1 Å². The van der Waals surface area contributed by atoms with E-state index in [1.165, 1.54) is 14.0 Å². The van der Waals surface area contributed by atoms with Crippen LogP contribution in [-0.4, -0.2) is 44.2 Å². The molecule has 1 aromatic heterocycles. The first-order valence-electron chi connectivity index (χ1n) is 5.21. The normalized spacial score (nSPS) is 13.4. The van der Waals surface area contributed by atoms with E-state index in [4.69, 9.17) is 9.84 Å². The van der Waals surface area contributed by atoms with Gasteiger partial charge in [0.15, 0.2) is 4.21 Å². The number of thiazole rings is 1. The number of hydrogen-bond donors (Lipinski definition) is 3. The fourth-order valence-electron chi connectivity index (χ4n) is 1.36. The minimum atomic E-state index is -4.04. The van der Waals surface area contributed by atoms with Gasteiger partial charge in [-0.1, -0.05) is 11.3 Å². The molecule has 0 aliphatic rings. The molecule has 0 aliphatic carbocycles. The summed E-state index contributed by atoms with van der Waals surface area (Å²) in [7, 11) is -2.66. The van der Waals surface area contributed by atoms with Gasteiger partial charge in [-0.15, -0.1) is 0 Å². The van der Waals surface area contributed by atoms with Gasteiger partial charge < -0.3 is 14.8 Å². The topological polar surface area (TPSA) is 126 Å². The van der Waals surface area contributed by atoms with E-state index in [0.717, 1.165) is 0 Å². The van der Waals surface area contributed by atoms with Crippen molar-refractivity contribution >= 4 is 27.3 Å². The molecule has 0 amide bonds. The molecule has 0 saturated carbocycles. The number of rotatable bonds is 7. The molecular formula is C9H14N2O6S2. The zero-order valence-electron chi connectivity index (χ0n) is 10.3. The van der Waals surface area contributed by atoms with Crippen molar-refractivity contribution in [1.29, 1.82) is 0 Å². The maximum Gasteiger partial charge on any atom is 0.321 e. The van der Waals surface area contributed by atoms with Crippen LogP contribution in [0.2, 0.25) is 0 Å². The van der Waals surface area contributed by atoms with Crippen molar-refractivity contribution in [3.05, 3.63) is 15.4 Å². The summed E-state index contributed by atoms with van der Waals surface area (Å²) in [4.78, 5) is 23.9. The Balaban J connectivity index is 2.97. The molecule has 0 fully saturated rings. The van der Waals surface area contributed by atoms with Crippen LogP contribution in [0.15, 0.2) is 9.00 Å². The zero-order chi connectivity index (χ0) is 14.6. The molecule has 1 atom stereocenters. The smallest absolute Gasteiger partial charge is 0.321 e. The van der Waals surface area contributed by atoms with E-state index in [0.29, 0.717) is 11.3 Å². The highest BCUT2D eigenvalue weighted by molar-refractivity contribution is 7.91. The fraction of sp³-hybridized carbons (Fsp3) is 0.556. The summed E-state index contributed by atoms with van der Waals surface area (Å²) in [6.45, 7) is 1.53. The van der Waals surface area contributed by atoms with Crippen LogP contribution >= 0.6 is 11.3 Å². The minimum absolute atomic E-state index is 0.0105. The van der Waals surface area contributed by atoms with E-state index in [2.05, 4.69) is 4.98 Å². The lowest BCUT2D eigenvalue weighted by Gasteiger charge is -2.13. The Labute approximate surface area is 113 Å². The average Bonchev–Trinajstić information content (AvgIpc) is 2.64. The summed E-state index contributed by atoms with van der Waals surface area (Å²) in [5, 5.41) is 8.94. The molecule has 1 rings (SSSR count). The second kappa shape index (κ2) is 6.28. The Bertz CT molecular complexity index is 602. The molecule has 0 spiro atoms. The molecule has 1 aromatic rings. The van der Waals surface area contributed by atoms with Crippen molar-refractivity contribution in [3.63, 3.8) is 0 Å².